The topological polar surface area (TPSA) is 54.1 Å². The van der Waals surface area contributed by atoms with Gasteiger partial charge in [-0.15, -0.1) is 0 Å². The largest absolute Gasteiger partial charge is 0.468 e. The van der Waals surface area contributed by atoms with Crippen LogP contribution < -0.4 is 5.32 Å². The normalized spacial score (nSPS) is 12.1. The number of carbonyl (C=O) groups excluding carboxylic acids is 1. The van der Waals surface area contributed by atoms with Crippen LogP contribution in [-0.4, -0.2) is 18.1 Å². The molecule has 94 valence electrons. The van der Waals surface area contributed by atoms with E-state index < -0.39 is 6.04 Å². The van der Waals surface area contributed by atoms with Gasteiger partial charge in [0.1, 0.15) is 6.04 Å². The summed E-state index contributed by atoms with van der Waals surface area (Å²) in [6.07, 6.45) is 3.75. The molecule has 1 aromatic carbocycles. The van der Waals surface area contributed by atoms with Crippen LogP contribution >= 0.6 is 0 Å². The van der Waals surface area contributed by atoms with Crippen LogP contribution in [0.15, 0.2) is 48.8 Å². The van der Waals surface area contributed by atoms with Gasteiger partial charge in [-0.25, -0.2) is 4.79 Å². The van der Waals surface area contributed by atoms with Crippen molar-refractivity contribution in [3.05, 3.63) is 59.9 Å². The molecule has 0 aliphatic rings. The lowest BCUT2D eigenvalue weighted by molar-refractivity contribution is -0.143. The summed E-state index contributed by atoms with van der Waals surface area (Å²) in [5.41, 5.74) is 2.00. The van der Waals surface area contributed by atoms with Gasteiger partial charge in [-0.3, -0.25) is 5.32 Å². The van der Waals surface area contributed by atoms with Crippen molar-refractivity contribution in [2.45, 2.75) is 12.6 Å². The highest BCUT2D eigenvalue weighted by atomic mass is 16.5. The summed E-state index contributed by atoms with van der Waals surface area (Å²) in [4.78, 5) is 14.8. The number of methoxy groups -OCH3 is 1. The van der Waals surface area contributed by atoms with Gasteiger partial charge in [-0.1, -0.05) is 30.3 Å². The van der Waals surface area contributed by atoms with Gasteiger partial charge in [-0.2, -0.15) is 0 Å². The summed E-state index contributed by atoms with van der Waals surface area (Å²) in [5.74, 6) is -0.281. The van der Waals surface area contributed by atoms with Crippen molar-refractivity contribution in [2.75, 3.05) is 7.11 Å². The van der Waals surface area contributed by atoms with Gasteiger partial charge in [0.2, 0.25) is 0 Å². The van der Waals surface area contributed by atoms with Crippen LogP contribution in [0.5, 0.6) is 0 Å². The van der Waals surface area contributed by atoms with Crippen molar-refractivity contribution >= 4 is 5.97 Å². The molecule has 1 atom stereocenters. The Labute approximate surface area is 106 Å². The predicted octanol–water partition coefficient (Wildman–Crippen LogP) is 2.02. The van der Waals surface area contributed by atoms with Crippen LogP contribution in [0.25, 0.3) is 0 Å². The molecule has 0 saturated heterocycles. The van der Waals surface area contributed by atoms with Crippen LogP contribution in [0.3, 0.4) is 0 Å². The summed E-state index contributed by atoms with van der Waals surface area (Å²) in [5, 5.41) is 3.19. The summed E-state index contributed by atoms with van der Waals surface area (Å²) in [6, 6.07) is 11.1. The third kappa shape index (κ3) is 2.99. The van der Waals surface area contributed by atoms with Crippen LogP contribution in [0.2, 0.25) is 0 Å². The maximum atomic E-state index is 11.8. The third-order valence-corrected chi connectivity index (χ3v) is 2.74. The van der Waals surface area contributed by atoms with Crippen molar-refractivity contribution in [3.8, 4) is 0 Å². The van der Waals surface area contributed by atoms with Gasteiger partial charge in [0.15, 0.2) is 0 Å². The van der Waals surface area contributed by atoms with E-state index in [9.17, 15) is 4.79 Å². The number of esters is 1. The van der Waals surface area contributed by atoms with Gasteiger partial charge >= 0.3 is 5.97 Å². The van der Waals surface area contributed by atoms with E-state index in [1.54, 1.807) is 0 Å². The zero-order valence-electron chi connectivity index (χ0n) is 10.2. The number of aromatic nitrogens is 1. The van der Waals surface area contributed by atoms with E-state index in [1.165, 1.54) is 7.11 Å². The lowest BCUT2D eigenvalue weighted by atomic mass is 10.1. The molecule has 0 saturated carbocycles. The van der Waals surface area contributed by atoms with Crippen molar-refractivity contribution in [3.63, 3.8) is 0 Å². The summed E-state index contributed by atoms with van der Waals surface area (Å²) in [6.45, 7) is 0.609. The summed E-state index contributed by atoms with van der Waals surface area (Å²) >= 11 is 0. The number of nitrogens with one attached hydrogen (secondary N) is 2. The molecule has 1 unspecified atom stereocenters. The Morgan fingerprint density at radius 3 is 2.72 bits per heavy atom. The lowest BCUT2D eigenvalue weighted by Gasteiger charge is -2.16. The number of benzene rings is 1. The molecule has 1 heterocycles. The first-order valence-corrected chi connectivity index (χ1v) is 5.79. The lowest BCUT2D eigenvalue weighted by Crippen LogP contribution is -2.29. The fraction of sp³-hybridized carbons (Fsp3) is 0.214. The Bertz CT molecular complexity index is 480. The minimum Gasteiger partial charge on any atom is -0.468 e. The number of H-pyrrole nitrogens is 1. The van der Waals surface area contributed by atoms with E-state index in [2.05, 4.69) is 10.3 Å². The Morgan fingerprint density at radius 1 is 1.33 bits per heavy atom. The molecule has 0 amide bonds. The monoisotopic (exact) mass is 244 g/mol. The zero-order valence-corrected chi connectivity index (χ0v) is 10.2. The fourth-order valence-electron chi connectivity index (χ4n) is 1.79. The molecule has 4 heteroatoms. The number of rotatable bonds is 5. The smallest absolute Gasteiger partial charge is 0.327 e. The van der Waals surface area contributed by atoms with E-state index in [0.29, 0.717) is 6.54 Å². The summed E-state index contributed by atoms with van der Waals surface area (Å²) < 4.78 is 4.83. The van der Waals surface area contributed by atoms with Gasteiger partial charge in [0, 0.05) is 18.9 Å². The zero-order chi connectivity index (χ0) is 12.8. The van der Waals surface area contributed by atoms with Crippen LogP contribution in [-0.2, 0) is 16.1 Å². The molecular weight excluding hydrogens is 228 g/mol. The van der Waals surface area contributed by atoms with Gasteiger partial charge in [0.25, 0.3) is 0 Å². The van der Waals surface area contributed by atoms with Crippen LogP contribution in [0.4, 0.5) is 0 Å². The first kappa shape index (κ1) is 12.4. The Hall–Kier alpha value is -2.07. The predicted molar refractivity (Wildman–Crippen MR) is 68.8 cm³/mol. The molecule has 2 N–H and O–H groups in total. The average Bonchev–Trinajstić information content (AvgIpc) is 2.93. The number of carbonyl (C=O) groups is 1. The van der Waals surface area contributed by atoms with E-state index in [1.807, 2.05) is 48.8 Å². The van der Waals surface area contributed by atoms with Crippen LogP contribution in [0.1, 0.15) is 17.2 Å². The second-order valence-electron chi connectivity index (χ2n) is 3.97. The molecule has 2 aromatic rings. The average molecular weight is 244 g/mol. The molecule has 2 rings (SSSR count). The molecule has 0 bridgehead atoms. The molecule has 1 aromatic heterocycles. The molecule has 0 spiro atoms. The number of hydrogen-bond donors (Lipinski definition) is 2. The van der Waals surface area contributed by atoms with Crippen molar-refractivity contribution < 1.29 is 9.53 Å². The molecule has 0 radical (unpaired) electrons. The van der Waals surface area contributed by atoms with Gasteiger partial charge in [-0.05, 0) is 17.2 Å². The van der Waals surface area contributed by atoms with E-state index >= 15 is 0 Å². The Morgan fingerprint density at radius 2 is 2.11 bits per heavy atom. The highest BCUT2D eigenvalue weighted by molar-refractivity contribution is 5.77. The first-order valence-electron chi connectivity index (χ1n) is 5.79. The number of hydrogen-bond acceptors (Lipinski definition) is 3. The second kappa shape index (κ2) is 6.02. The van der Waals surface area contributed by atoms with Crippen LogP contribution in [0, 0.1) is 0 Å². The molecule has 0 fully saturated rings. The van der Waals surface area contributed by atoms with Crippen molar-refractivity contribution in [1.82, 2.24) is 10.3 Å². The quantitative estimate of drug-likeness (QED) is 0.791. The van der Waals surface area contributed by atoms with Crippen molar-refractivity contribution in [1.29, 1.82) is 0 Å². The van der Waals surface area contributed by atoms with E-state index in [4.69, 9.17) is 4.74 Å². The Kier molecular flexibility index (Phi) is 4.15. The van der Waals surface area contributed by atoms with Gasteiger partial charge in [0.05, 0.1) is 7.11 Å². The molecular formula is C14H16N2O2. The highest BCUT2D eigenvalue weighted by Crippen LogP contribution is 2.14. The first-order chi connectivity index (χ1) is 8.81. The Balaban J connectivity index is 2.09. The molecule has 0 aliphatic heterocycles. The van der Waals surface area contributed by atoms with Crippen molar-refractivity contribution in [2.24, 2.45) is 0 Å². The fourth-order valence-corrected chi connectivity index (χ4v) is 1.79. The maximum absolute atomic E-state index is 11.8. The minimum atomic E-state index is -0.439. The standard InChI is InChI=1S/C14H16N2O2/c1-18-14(17)13(12-5-3-2-4-6-12)16-10-11-7-8-15-9-11/h2-9,13,15-16H,10H2,1H3. The second-order valence-corrected chi connectivity index (χ2v) is 3.97. The highest BCUT2D eigenvalue weighted by Gasteiger charge is 2.20. The van der Waals surface area contributed by atoms with E-state index in [0.717, 1.165) is 11.1 Å². The maximum Gasteiger partial charge on any atom is 0.327 e. The number of ether oxygens (including phenoxy) is 1. The summed E-state index contributed by atoms with van der Waals surface area (Å²) in [7, 11) is 1.40. The van der Waals surface area contributed by atoms with Gasteiger partial charge < -0.3 is 9.72 Å². The third-order valence-electron chi connectivity index (χ3n) is 2.74. The number of aromatic amines is 1. The molecule has 0 aliphatic carbocycles. The minimum absolute atomic E-state index is 0.281. The van der Waals surface area contributed by atoms with E-state index in [-0.39, 0.29) is 5.97 Å². The SMILES string of the molecule is COC(=O)C(NCc1cc[nH]c1)c1ccccc1. The molecule has 4 nitrogen and oxygen atoms in total. The molecule has 18 heavy (non-hydrogen) atoms.